The van der Waals surface area contributed by atoms with Gasteiger partial charge in [-0.3, -0.25) is 14.0 Å². The average molecular weight is 491 g/mol. The van der Waals surface area contributed by atoms with E-state index in [2.05, 4.69) is 18.8 Å². The highest BCUT2D eigenvalue weighted by Gasteiger charge is 2.46. The number of likely N-dealkylation sites (N-methyl/N-ethyl adjacent to an activating group) is 1. The first-order valence-electron chi connectivity index (χ1n) is 12.3. The normalized spacial score (nSPS) is 17.6. The number of aliphatic hydroxyl groups excluding tert-OH is 1. The van der Waals surface area contributed by atoms with E-state index >= 15 is 0 Å². The molecule has 36 heavy (non-hydrogen) atoms. The Hall–Kier alpha value is -3.65. The fourth-order valence-corrected chi connectivity index (χ4v) is 4.48. The van der Waals surface area contributed by atoms with E-state index in [1.165, 1.54) is 0 Å². The minimum atomic E-state index is -0.743. The summed E-state index contributed by atoms with van der Waals surface area (Å²) in [7, 11) is 3.83. The van der Waals surface area contributed by atoms with Crippen molar-refractivity contribution in [2.75, 3.05) is 33.8 Å². The Morgan fingerprint density at radius 1 is 1.17 bits per heavy atom. The summed E-state index contributed by atoms with van der Waals surface area (Å²) in [4.78, 5) is 34.6. The second-order valence-corrected chi connectivity index (χ2v) is 9.87. The molecule has 1 unspecified atom stereocenters. The molecule has 0 radical (unpaired) electrons. The standard InChI is InChI=1S/C28H34N4O4/c1-18(2)12-16-36-21-10-8-9-20(17-21)25-23(27(34)28(35)32(25)15-14-30(4)5)26(33)24-19(3)29-22-11-6-7-13-31(22)24/h6-11,13,17-18,25,33H,12,14-16H2,1-5H3/b26-23+. The second kappa shape index (κ2) is 10.5. The molecule has 8 heteroatoms. The molecule has 3 aromatic rings. The number of hydrogen-bond donors (Lipinski definition) is 1. The SMILES string of the molecule is Cc1nc2ccccn2c1/C(O)=C1\C(=O)C(=O)N(CCN(C)C)C1c1cccc(OCCC(C)C)c1. The van der Waals surface area contributed by atoms with Crippen LogP contribution in [0.1, 0.15) is 43.3 Å². The smallest absolute Gasteiger partial charge is 0.295 e. The van der Waals surface area contributed by atoms with Crippen LogP contribution in [0.4, 0.5) is 0 Å². The number of benzene rings is 1. The number of fused-ring (bicyclic) bond motifs is 1. The summed E-state index contributed by atoms with van der Waals surface area (Å²) in [6.07, 6.45) is 2.70. The largest absolute Gasteiger partial charge is 0.505 e. The molecule has 2 aromatic heterocycles. The van der Waals surface area contributed by atoms with Crippen molar-refractivity contribution in [3.05, 3.63) is 71.2 Å². The topological polar surface area (TPSA) is 87.4 Å². The van der Waals surface area contributed by atoms with Crippen molar-refractivity contribution in [1.29, 1.82) is 0 Å². The number of imidazole rings is 1. The Bertz CT molecular complexity index is 1310. The van der Waals surface area contributed by atoms with Gasteiger partial charge in [-0.2, -0.15) is 0 Å². The van der Waals surface area contributed by atoms with Gasteiger partial charge < -0.3 is 19.6 Å². The summed E-state index contributed by atoms with van der Waals surface area (Å²) < 4.78 is 7.70. The van der Waals surface area contributed by atoms with Crippen molar-refractivity contribution in [2.24, 2.45) is 5.92 Å². The second-order valence-electron chi connectivity index (χ2n) is 9.87. The number of ether oxygens (including phenoxy) is 1. The van der Waals surface area contributed by atoms with Gasteiger partial charge in [-0.15, -0.1) is 0 Å². The summed E-state index contributed by atoms with van der Waals surface area (Å²) in [5.41, 5.74) is 2.40. The summed E-state index contributed by atoms with van der Waals surface area (Å²) >= 11 is 0. The van der Waals surface area contributed by atoms with Crippen LogP contribution in [0, 0.1) is 12.8 Å². The summed E-state index contributed by atoms with van der Waals surface area (Å²) in [5, 5.41) is 11.6. The summed E-state index contributed by atoms with van der Waals surface area (Å²) in [6, 6.07) is 12.2. The van der Waals surface area contributed by atoms with E-state index in [4.69, 9.17) is 4.74 Å². The maximum Gasteiger partial charge on any atom is 0.295 e. The molecule has 8 nitrogen and oxygen atoms in total. The van der Waals surface area contributed by atoms with Crippen LogP contribution >= 0.6 is 0 Å². The molecule has 4 rings (SSSR count). The van der Waals surface area contributed by atoms with Crippen LogP contribution in [0.25, 0.3) is 11.4 Å². The molecule has 1 aliphatic heterocycles. The van der Waals surface area contributed by atoms with Crippen LogP contribution in [-0.4, -0.2) is 69.8 Å². The zero-order valence-corrected chi connectivity index (χ0v) is 21.6. The molecule has 0 saturated carbocycles. The van der Waals surface area contributed by atoms with Gasteiger partial charge in [0.15, 0.2) is 5.76 Å². The zero-order chi connectivity index (χ0) is 26.0. The van der Waals surface area contributed by atoms with Gasteiger partial charge in [0.1, 0.15) is 17.1 Å². The van der Waals surface area contributed by atoms with Crippen LogP contribution in [0.2, 0.25) is 0 Å². The van der Waals surface area contributed by atoms with E-state index in [0.29, 0.717) is 54.0 Å². The molecule has 1 saturated heterocycles. The number of carbonyl (C=O) groups is 2. The predicted molar refractivity (Wildman–Crippen MR) is 139 cm³/mol. The maximum absolute atomic E-state index is 13.4. The number of Topliss-reactive ketones (excluding diaryl/α,β-unsaturated/α-hetero) is 1. The van der Waals surface area contributed by atoms with Crippen molar-refractivity contribution in [3.63, 3.8) is 0 Å². The first-order chi connectivity index (χ1) is 17.2. The van der Waals surface area contributed by atoms with Gasteiger partial charge in [-0.25, -0.2) is 4.98 Å². The van der Waals surface area contributed by atoms with E-state index < -0.39 is 17.7 Å². The van der Waals surface area contributed by atoms with Crippen LogP contribution in [0.15, 0.2) is 54.2 Å². The first-order valence-corrected chi connectivity index (χ1v) is 12.3. The van der Waals surface area contributed by atoms with Crippen LogP contribution in [0.5, 0.6) is 5.75 Å². The van der Waals surface area contributed by atoms with Gasteiger partial charge in [0, 0.05) is 19.3 Å². The van der Waals surface area contributed by atoms with Gasteiger partial charge in [0.2, 0.25) is 0 Å². The van der Waals surface area contributed by atoms with Gasteiger partial charge in [-0.1, -0.05) is 32.0 Å². The van der Waals surface area contributed by atoms with Gasteiger partial charge >= 0.3 is 0 Å². The number of ketones is 1. The molecule has 0 bridgehead atoms. The average Bonchev–Trinajstić information content (AvgIpc) is 3.30. The van der Waals surface area contributed by atoms with E-state index in [1.807, 2.05) is 61.5 Å². The van der Waals surface area contributed by atoms with Crippen LogP contribution in [-0.2, 0) is 9.59 Å². The predicted octanol–water partition coefficient (Wildman–Crippen LogP) is 4.05. The molecule has 1 atom stereocenters. The van der Waals surface area contributed by atoms with Crippen molar-refractivity contribution < 1.29 is 19.4 Å². The molecule has 0 aliphatic carbocycles. The number of likely N-dealkylation sites (tertiary alicyclic amines) is 1. The summed E-state index contributed by atoms with van der Waals surface area (Å²) in [5.74, 6) is -0.376. The first kappa shape index (κ1) is 25.4. The molecule has 190 valence electrons. The Balaban J connectivity index is 1.83. The fraction of sp³-hybridized carbons (Fsp3) is 0.393. The number of rotatable bonds is 9. The van der Waals surface area contributed by atoms with Crippen molar-refractivity contribution in [2.45, 2.75) is 33.2 Å². The number of nitrogens with zero attached hydrogens (tertiary/aromatic N) is 4. The van der Waals surface area contributed by atoms with Gasteiger partial charge in [0.05, 0.1) is 23.9 Å². The molecule has 1 aliphatic rings. The Labute approximate surface area is 211 Å². The highest BCUT2D eigenvalue weighted by molar-refractivity contribution is 6.46. The highest BCUT2D eigenvalue weighted by Crippen LogP contribution is 2.40. The number of aryl methyl sites for hydroxylation is 1. The van der Waals surface area contributed by atoms with Crippen molar-refractivity contribution in [1.82, 2.24) is 19.2 Å². The van der Waals surface area contributed by atoms with Crippen LogP contribution in [0.3, 0.4) is 0 Å². The lowest BCUT2D eigenvalue weighted by atomic mass is 9.96. The highest BCUT2D eigenvalue weighted by atomic mass is 16.5. The number of amides is 1. The molecular weight excluding hydrogens is 456 g/mol. The number of pyridine rings is 1. The van der Waals surface area contributed by atoms with Gasteiger partial charge in [-0.05, 0) is 63.2 Å². The quantitative estimate of drug-likeness (QED) is 0.277. The molecule has 0 spiro atoms. The molecule has 1 fully saturated rings. The fourth-order valence-electron chi connectivity index (χ4n) is 4.48. The van der Waals surface area contributed by atoms with Gasteiger partial charge in [0.25, 0.3) is 11.7 Å². The summed E-state index contributed by atoms with van der Waals surface area (Å²) in [6.45, 7) is 7.54. The van der Waals surface area contributed by atoms with Crippen molar-refractivity contribution in [3.8, 4) is 5.75 Å². The lowest BCUT2D eigenvalue weighted by molar-refractivity contribution is -0.140. The lowest BCUT2D eigenvalue weighted by Crippen LogP contribution is -2.35. The Morgan fingerprint density at radius 2 is 1.94 bits per heavy atom. The molecule has 1 amide bonds. The minimum absolute atomic E-state index is 0.0619. The van der Waals surface area contributed by atoms with Crippen molar-refractivity contribution >= 4 is 23.1 Å². The molecular formula is C28H34N4O4. The Morgan fingerprint density at radius 3 is 2.67 bits per heavy atom. The number of aromatic nitrogens is 2. The van der Waals surface area contributed by atoms with Crippen LogP contribution < -0.4 is 4.74 Å². The number of aliphatic hydroxyl groups is 1. The monoisotopic (exact) mass is 490 g/mol. The third kappa shape index (κ3) is 4.99. The molecule has 3 heterocycles. The number of carbonyl (C=O) groups excluding carboxylic acids is 2. The molecule has 1 N–H and O–H groups in total. The third-order valence-electron chi connectivity index (χ3n) is 6.39. The molecule has 1 aromatic carbocycles. The number of hydrogen-bond acceptors (Lipinski definition) is 6. The maximum atomic E-state index is 13.4. The van der Waals surface area contributed by atoms with E-state index in [0.717, 1.165) is 6.42 Å². The van der Waals surface area contributed by atoms with E-state index in [9.17, 15) is 14.7 Å². The third-order valence-corrected chi connectivity index (χ3v) is 6.39. The minimum Gasteiger partial charge on any atom is -0.505 e. The zero-order valence-electron chi connectivity index (χ0n) is 21.6. The van der Waals surface area contributed by atoms with E-state index in [1.54, 1.807) is 22.4 Å². The Kier molecular flexibility index (Phi) is 7.45. The van der Waals surface area contributed by atoms with E-state index in [-0.39, 0.29) is 11.3 Å². The lowest BCUT2D eigenvalue weighted by Gasteiger charge is -2.27.